The fraction of sp³-hybridized carbons (Fsp3) is 0.267. The molecule has 1 amide bonds. The van der Waals surface area contributed by atoms with Gasteiger partial charge in [0.05, 0.1) is 34.9 Å². The Hall–Kier alpha value is -4.19. The number of hydrogen-bond donors (Lipinski definition) is 4. The zero-order valence-corrected chi connectivity index (χ0v) is 24.2. The summed E-state index contributed by atoms with van der Waals surface area (Å²) in [6.07, 6.45) is 2.21. The second-order valence-electron chi connectivity index (χ2n) is 9.31. The number of carbonyl (C=O) groups excluding carboxylic acids is 1. The smallest absolute Gasteiger partial charge is 0.252 e. The lowest BCUT2D eigenvalue weighted by Gasteiger charge is -2.19. The number of primary amides is 1. The van der Waals surface area contributed by atoms with Crippen molar-refractivity contribution in [1.29, 1.82) is 0 Å². The van der Waals surface area contributed by atoms with Crippen molar-refractivity contribution in [2.75, 3.05) is 18.5 Å². The van der Waals surface area contributed by atoms with Gasteiger partial charge in [-0.25, -0.2) is 13.6 Å². The highest BCUT2D eigenvalue weighted by atomic mass is 32.2. The first kappa shape index (κ1) is 29.8. The van der Waals surface area contributed by atoms with Crippen LogP contribution in [0.15, 0.2) is 65.7 Å². The van der Waals surface area contributed by atoms with Crippen LogP contribution in [0.1, 0.15) is 47.8 Å². The van der Waals surface area contributed by atoms with Crippen LogP contribution in [0.4, 0.5) is 11.4 Å². The molecule has 4 rings (SSSR count). The Balaban J connectivity index is 1.65. The van der Waals surface area contributed by atoms with Crippen molar-refractivity contribution in [1.82, 2.24) is 10.3 Å². The number of fused-ring (bicyclic) bond motifs is 1. The lowest BCUT2D eigenvalue weighted by molar-refractivity contribution is 0.100. The fourth-order valence-electron chi connectivity index (χ4n) is 4.67. The molecule has 1 heterocycles. The first-order chi connectivity index (χ1) is 19.7. The lowest BCUT2D eigenvalue weighted by atomic mass is 10.0. The highest BCUT2D eigenvalue weighted by Gasteiger charge is 2.19. The normalized spacial score (nSPS) is 11.4. The summed E-state index contributed by atoms with van der Waals surface area (Å²) in [6.45, 7) is 7.88. The highest BCUT2D eigenvalue weighted by molar-refractivity contribution is 7.89. The molecule has 0 saturated carbocycles. The summed E-state index contributed by atoms with van der Waals surface area (Å²) in [7, 11) is -3.73. The zero-order valence-electron chi connectivity index (χ0n) is 23.4. The molecule has 0 atom stereocenters. The molecule has 0 aliphatic rings. The van der Waals surface area contributed by atoms with E-state index >= 15 is 0 Å². The summed E-state index contributed by atoms with van der Waals surface area (Å²) in [6, 6.07) is 16.0. The highest BCUT2D eigenvalue weighted by Crippen LogP contribution is 2.38. The minimum absolute atomic E-state index is 0.0785. The van der Waals surface area contributed by atoms with Crippen molar-refractivity contribution >= 4 is 38.2 Å². The third-order valence-electron chi connectivity index (χ3n) is 6.58. The molecule has 6 N–H and O–H groups in total. The van der Waals surface area contributed by atoms with Gasteiger partial charge in [0.2, 0.25) is 10.0 Å². The number of nitrogens with one attached hydrogen (secondary N) is 2. The van der Waals surface area contributed by atoms with Crippen LogP contribution in [-0.2, 0) is 29.5 Å². The van der Waals surface area contributed by atoms with Gasteiger partial charge in [-0.15, -0.1) is 0 Å². The maximum atomic E-state index is 12.4. The fourth-order valence-corrected chi connectivity index (χ4v) is 5.18. The molecule has 10 nitrogen and oxygen atoms in total. The van der Waals surface area contributed by atoms with Gasteiger partial charge in [-0.3, -0.25) is 9.78 Å². The van der Waals surface area contributed by atoms with E-state index in [1.807, 2.05) is 38.1 Å². The molecule has 0 aliphatic heterocycles. The van der Waals surface area contributed by atoms with Gasteiger partial charge in [-0.05, 0) is 61.2 Å². The molecular weight excluding hydrogens is 542 g/mol. The maximum absolute atomic E-state index is 12.4. The van der Waals surface area contributed by atoms with Gasteiger partial charge < -0.3 is 25.8 Å². The number of rotatable bonds is 13. The molecular formula is C30H35N5O5S. The minimum atomic E-state index is -3.73. The molecule has 0 saturated heterocycles. The summed E-state index contributed by atoms with van der Waals surface area (Å²) in [5.74, 6) is 0.533. The Kier molecular flexibility index (Phi) is 9.43. The molecule has 0 aliphatic carbocycles. The monoisotopic (exact) mass is 577 g/mol. The van der Waals surface area contributed by atoms with Gasteiger partial charge in [0.15, 0.2) is 11.5 Å². The summed E-state index contributed by atoms with van der Waals surface area (Å²) in [4.78, 5) is 17.0. The standard InChI is InChI=1S/C30H35N5O5S/c1-4-22-20(17-33-16-19-10-12-21(13-11-19)41(32,37)38)8-7-9-25(22)35-29-23-14-27(39-5-2)28(40-6-3)15-26(23)34-18-24(29)30(31)36/h7-15,18,33H,4-6,16-17H2,1-3H3,(H2,31,36)(H,34,35)(H2,32,37,38). The Bertz CT molecular complexity index is 1660. The molecule has 0 unspecified atom stereocenters. The number of carbonyl (C=O) groups is 1. The number of benzene rings is 3. The Morgan fingerprint density at radius 1 is 0.951 bits per heavy atom. The van der Waals surface area contributed by atoms with Crippen LogP contribution in [0.5, 0.6) is 11.5 Å². The largest absolute Gasteiger partial charge is 0.490 e. The quantitative estimate of drug-likeness (QED) is 0.182. The van der Waals surface area contributed by atoms with Crippen LogP contribution >= 0.6 is 0 Å². The molecule has 0 radical (unpaired) electrons. The molecule has 0 bridgehead atoms. The summed E-state index contributed by atoms with van der Waals surface area (Å²) in [5.41, 5.74) is 11.1. The Labute approximate surface area is 240 Å². The van der Waals surface area contributed by atoms with Crippen molar-refractivity contribution in [3.63, 3.8) is 0 Å². The van der Waals surface area contributed by atoms with Gasteiger partial charge >= 0.3 is 0 Å². The number of nitrogens with two attached hydrogens (primary N) is 2. The topological polar surface area (TPSA) is 159 Å². The predicted molar refractivity (Wildman–Crippen MR) is 160 cm³/mol. The number of aromatic nitrogens is 1. The Morgan fingerprint density at radius 3 is 2.24 bits per heavy atom. The third-order valence-corrected chi connectivity index (χ3v) is 7.51. The molecule has 0 fully saturated rings. The van der Waals surface area contributed by atoms with Crippen molar-refractivity contribution in [2.45, 2.75) is 45.2 Å². The van der Waals surface area contributed by atoms with Crippen LogP contribution in [0.25, 0.3) is 10.9 Å². The van der Waals surface area contributed by atoms with Crippen LogP contribution in [0.2, 0.25) is 0 Å². The van der Waals surface area contributed by atoms with Crippen LogP contribution in [-0.4, -0.2) is 32.5 Å². The molecule has 3 aromatic carbocycles. The number of hydrogen-bond acceptors (Lipinski definition) is 8. The minimum Gasteiger partial charge on any atom is -0.490 e. The number of pyridine rings is 1. The van der Waals surface area contributed by atoms with Gasteiger partial charge in [-0.1, -0.05) is 31.2 Å². The number of anilines is 2. The van der Waals surface area contributed by atoms with Crippen LogP contribution in [0, 0.1) is 0 Å². The lowest BCUT2D eigenvalue weighted by Crippen LogP contribution is -2.16. The molecule has 0 spiro atoms. The molecule has 41 heavy (non-hydrogen) atoms. The number of amides is 1. The maximum Gasteiger partial charge on any atom is 0.252 e. The van der Waals surface area contributed by atoms with Gasteiger partial charge in [0.25, 0.3) is 5.91 Å². The van der Waals surface area contributed by atoms with Gasteiger partial charge in [0, 0.05) is 36.4 Å². The van der Waals surface area contributed by atoms with Crippen LogP contribution < -0.4 is 31.0 Å². The van der Waals surface area contributed by atoms with Gasteiger partial charge in [-0.2, -0.15) is 0 Å². The first-order valence-electron chi connectivity index (χ1n) is 13.4. The average molecular weight is 578 g/mol. The zero-order chi connectivity index (χ0) is 29.6. The van der Waals surface area contributed by atoms with Crippen molar-refractivity contribution in [2.24, 2.45) is 10.9 Å². The SMILES string of the molecule is CCOc1cc2ncc(C(N)=O)c(Nc3cccc(CNCc4ccc(S(N)(=O)=O)cc4)c3CC)c2cc1OCC. The van der Waals surface area contributed by atoms with E-state index in [0.717, 1.165) is 28.8 Å². The number of sulfonamides is 1. The molecule has 11 heteroatoms. The summed E-state index contributed by atoms with van der Waals surface area (Å²) < 4.78 is 34.6. The predicted octanol–water partition coefficient (Wildman–Crippen LogP) is 4.37. The van der Waals surface area contributed by atoms with E-state index in [1.54, 1.807) is 18.2 Å². The van der Waals surface area contributed by atoms with Crippen LogP contribution in [0.3, 0.4) is 0 Å². The number of ether oxygens (including phenoxy) is 2. The van der Waals surface area contributed by atoms with E-state index in [9.17, 15) is 13.2 Å². The van der Waals surface area contributed by atoms with E-state index in [-0.39, 0.29) is 10.5 Å². The molecule has 216 valence electrons. The van der Waals surface area contributed by atoms with E-state index in [2.05, 4.69) is 22.5 Å². The Morgan fingerprint density at radius 2 is 1.63 bits per heavy atom. The van der Waals surface area contributed by atoms with E-state index in [0.29, 0.717) is 54.4 Å². The third kappa shape index (κ3) is 6.94. The number of nitrogens with zero attached hydrogens (tertiary/aromatic N) is 1. The van der Waals surface area contributed by atoms with E-state index in [1.165, 1.54) is 18.3 Å². The van der Waals surface area contributed by atoms with Crippen molar-refractivity contribution in [3.8, 4) is 11.5 Å². The first-order valence-corrected chi connectivity index (χ1v) is 14.9. The van der Waals surface area contributed by atoms with E-state index in [4.69, 9.17) is 20.3 Å². The second kappa shape index (κ2) is 13.0. The van der Waals surface area contributed by atoms with Crippen molar-refractivity contribution in [3.05, 3.63) is 83.0 Å². The average Bonchev–Trinajstić information content (AvgIpc) is 2.94. The number of primary sulfonamides is 1. The molecule has 4 aromatic rings. The van der Waals surface area contributed by atoms with E-state index < -0.39 is 15.9 Å². The van der Waals surface area contributed by atoms with Gasteiger partial charge in [0.1, 0.15) is 0 Å². The second-order valence-corrected chi connectivity index (χ2v) is 10.9. The molecule has 1 aromatic heterocycles. The van der Waals surface area contributed by atoms with Crippen molar-refractivity contribution < 1.29 is 22.7 Å². The summed E-state index contributed by atoms with van der Waals surface area (Å²) in [5, 5.41) is 12.8. The summed E-state index contributed by atoms with van der Waals surface area (Å²) >= 11 is 0.